The second-order valence-corrected chi connectivity index (χ2v) is 7.20. The van der Waals surface area contributed by atoms with E-state index < -0.39 is 17.7 Å². The van der Waals surface area contributed by atoms with E-state index in [0.717, 1.165) is 12.0 Å². The normalized spacial score (nSPS) is 12.7. The predicted molar refractivity (Wildman–Crippen MR) is 119 cm³/mol. The molecular formula is C21H27BN4O6. The third-order valence-electron chi connectivity index (χ3n) is 4.60. The van der Waals surface area contributed by atoms with E-state index in [0.29, 0.717) is 38.2 Å². The summed E-state index contributed by atoms with van der Waals surface area (Å²) >= 11 is 0. The summed E-state index contributed by atoms with van der Waals surface area (Å²) in [6.07, 6.45) is 4.13. The maximum Gasteiger partial charge on any atom is 0.257 e. The zero-order valence-corrected chi connectivity index (χ0v) is 18.0. The van der Waals surface area contributed by atoms with Gasteiger partial charge >= 0.3 is 0 Å². The Labute approximate surface area is 187 Å². The van der Waals surface area contributed by atoms with Crippen LogP contribution in [-0.2, 0) is 35.2 Å². The van der Waals surface area contributed by atoms with E-state index in [1.807, 2.05) is 12.1 Å². The maximum absolute atomic E-state index is 11.9. The van der Waals surface area contributed by atoms with Crippen molar-refractivity contribution < 1.29 is 28.6 Å². The van der Waals surface area contributed by atoms with Crippen LogP contribution in [0, 0.1) is 0 Å². The van der Waals surface area contributed by atoms with Crippen molar-refractivity contribution in [1.82, 2.24) is 15.5 Å². The van der Waals surface area contributed by atoms with Gasteiger partial charge in [-0.1, -0.05) is 12.1 Å². The van der Waals surface area contributed by atoms with Gasteiger partial charge in [0, 0.05) is 30.9 Å². The predicted octanol–water partition coefficient (Wildman–Crippen LogP) is -0.592. The Bertz CT molecular complexity index is 854. The van der Waals surface area contributed by atoms with Gasteiger partial charge < -0.3 is 20.6 Å². The molecule has 0 aliphatic carbocycles. The first-order valence-electron chi connectivity index (χ1n) is 10.3. The standard InChI is InChI=1S/C21H27BN4O6/c22-32-14-15-4-6-16(7-5-15)25-19(29)13-24-18(28)12-17(27)23-10-2-1-3-11-26-20(30)8-9-21(26)31/h4-9H,1-3,10-14,22H2,(H,23,27)(H,24,28)(H,25,29). The number of nitrogens with zero attached hydrogens (tertiary/aromatic N) is 1. The van der Waals surface area contributed by atoms with Crippen molar-refractivity contribution in [3.63, 3.8) is 0 Å². The number of hydrogen-bond donors (Lipinski definition) is 3. The van der Waals surface area contributed by atoms with Gasteiger partial charge in [0.1, 0.15) is 6.42 Å². The molecule has 32 heavy (non-hydrogen) atoms. The lowest BCUT2D eigenvalue weighted by Gasteiger charge is -2.13. The second kappa shape index (κ2) is 13.1. The van der Waals surface area contributed by atoms with E-state index in [4.69, 9.17) is 4.65 Å². The van der Waals surface area contributed by atoms with Crippen LogP contribution in [0.15, 0.2) is 36.4 Å². The lowest BCUT2D eigenvalue weighted by Crippen LogP contribution is -2.36. The maximum atomic E-state index is 11.9. The van der Waals surface area contributed by atoms with Crippen molar-refractivity contribution >= 4 is 43.3 Å². The van der Waals surface area contributed by atoms with Gasteiger partial charge in [-0.25, -0.2) is 0 Å². The molecule has 0 aromatic heterocycles. The van der Waals surface area contributed by atoms with Crippen LogP contribution < -0.4 is 16.0 Å². The first kappa shape index (κ1) is 24.8. The highest BCUT2D eigenvalue weighted by molar-refractivity contribution is 6.12. The van der Waals surface area contributed by atoms with E-state index in [1.54, 1.807) is 20.2 Å². The topological polar surface area (TPSA) is 134 Å². The SMILES string of the molecule is BOCc1ccc(NC(=O)CNC(=O)CC(=O)NCCCCCN2C(=O)C=CC2=O)cc1. The smallest absolute Gasteiger partial charge is 0.257 e. The summed E-state index contributed by atoms with van der Waals surface area (Å²) in [7, 11) is 1.60. The number of unbranched alkanes of at least 4 members (excludes halogenated alkanes) is 2. The van der Waals surface area contributed by atoms with Crippen molar-refractivity contribution in [1.29, 1.82) is 0 Å². The molecule has 3 N–H and O–H groups in total. The van der Waals surface area contributed by atoms with Crippen LogP contribution in [0.25, 0.3) is 0 Å². The first-order valence-corrected chi connectivity index (χ1v) is 10.3. The van der Waals surface area contributed by atoms with Crippen LogP contribution in [-0.4, -0.2) is 62.1 Å². The van der Waals surface area contributed by atoms with E-state index in [9.17, 15) is 24.0 Å². The minimum Gasteiger partial charge on any atom is -0.440 e. The van der Waals surface area contributed by atoms with Crippen molar-refractivity contribution in [2.24, 2.45) is 0 Å². The minimum atomic E-state index is -0.549. The lowest BCUT2D eigenvalue weighted by atomic mass is 10.2. The highest BCUT2D eigenvalue weighted by Crippen LogP contribution is 2.10. The summed E-state index contributed by atoms with van der Waals surface area (Å²) in [6, 6.07) is 7.12. The monoisotopic (exact) mass is 442 g/mol. The fraction of sp³-hybridized carbons (Fsp3) is 0.381. The third kappa shape index (κ3) is 8.72. The van der Waals surface area contributed by atoms with Crippen LogP contribution in [0.5, 0.6) is 0 Å². The Morgan fingerprint density at radius 1 is 0.875 bits per heavy atom. The number of anilines is 1. The summed E-state index contributed by atoms with van der Waals surface area (Å²) < 4.78 is 5.02. The Morgan fingerprint density at radius 3 is 2.19 bits per heavy atom. The second-order valence-electron chi connectivity index (χ2n) is 7.20. The number of benzene rings is 1. The van der Waals surface area contributed by atoms with Crippen molar-refractivity contribution in [2.45, 2.75) is 32.3 Å². The zero-order chi connectivity index (χ0) is 23.3. The quantitative estimate of drug-likeness (QED) is 0.162. The number of nitrogens with one attached hydrogen (secondary N) is 3. The molecule has 0 saturated heterocycles. The first-order chi connectivity index (χ1) is 15.4. The molecule has 10 nitrogen and oxygen atoms in total. The Balaban J connectivity index is 1.52. The number of carbonyl (C=O) groups is 5. The van der Waals surface area contributed by atoms with Crippen molar-refractivity contribution in [2.75, 3.05) is 25.0 Å². The molecule has 1 aliphatic rings. The van der Waals surface area contributed by atoms with Crippen LogP contribution in [0.2, 0.25) is 0 Å². The van der Waals surface area contributed by atoms with E-state index in [1.165, 1.54) is 17.1 Å². The summed E-state index contributed by atoms with van der Waals surface area (Å²) in [6.45, 7) is 0.964. The van der Waals surface area contributed by atoms with Gasteiger partial charge in [-0.05, 0) is 37.0 Å². The van der Waals surface area contributed by atoms with Gasteiger partial charge in [-0.3, -0.25) is 28.9 Å². The van der Waals surface area contributed by atoms with Gasteiger partial charge in [-0.2, -0.15) is 0 Å². The Hall–Kier alpha value is -3.47. The lowest BCUT2D eigenvalue weighted by molar-refractivity contribution is -0.137. The molecule has 0 radical (unpaired) electrons. The molecule has 1 aliphatic heterocycles. The number of rotatable bonds is 13. The van der Waals surface area contributed by atoms with Crippen LogP contribution in [0.1, 0.15) is 31.2 Å². The molecule has 0 atom stereocenters. The number of imide groups is 1. The highest BCUT2D eigenvalue weighted by atomic mass is 16.4. The molecule has 5 amide bonds. The molecule has 1 aromatic rings. The average Bonchev–Trinajstić information content (AvgIpc) is 3.08. The largest absolute Gasteiger partial charge is 0.440 e. The highest BCUT2D eigenvalue weighted by Gasteiger charge is 2.22. The van der Waals surface area contributed by atoms with Crippen molar-refractivity contribution in [3.05, 3.63) is 42.0 Å². The molecule has 0 saturated carbocycles. The molecule has 1 aromatic carbocycles. The molecule has 11 heteroatoms. The summed E-state index contributed by atoms with van der Waals surface area (Å²) in [5.41, 5.74) is 1.57. The van der Waals surface area contributed by atoms with Crippen LogP contribution in [0.3, 0.4) is 0 Å². The number of hydrogen-bond acceptors (Lipinski definition) is 6. The van der Waals surface area contributed by atoms with Gasteiger partial charge in [0.05, 0.1) is 13.2 Å². The van der Waals surface area contributed by atoms with Crippen molar-refractivity contribution in [3.8, 4) is 0 Å². The fourth-order valence-electron chi connectivity index (χ4n) is 2.96. The van der Waals surface area contributed by atoms with Gasteiger partial charge in [-0.15, -0.1) is 0 Å². The van der Waals surface area contributed by atoms with Gasteiger partial charge in [0.15, 0.2) is 0 Å². The minimum absolute atomic E-state index is 0.241. The molecular weight excluding hydrogens is 415 g/mol. The molecule has 170 valence electrons. The van der Waals surface area contributed by atoms with Gasteiger partial charge in [0.25, 0.3) is 19.9 Å². The van der Waals surface area contributed by atoms with E-state index in [2.05, 4.69) is 16.0 Å². The summed E-state index contributed by atoms with van der Waals surface area (Å²) in [4.78, 5) is 59.6. The van der Waals surface area contributed by atoms with E-state index >= 15 is 0 Å². The molecule has 1 heterocycles. The fourth-order valence-corrected chi connectivity index (χ4v) is 2.96. The summed E-state index contributed by atoms with van der Waals surface area (Å²) in [5.74, 6) is -1.99. The third-order valence-corrected chi connectivity index (χ3v) is 4.60. The molecule has 0 spiro atoms. The number of amides is 5. The van der Waals surface area contributed by atoms with Crippen LogP contribution in [0.4, 0.5) is 5.69 Å². The zero-order valence-electron chi connectivity index (χ0n) is 18.0. The van der Waals surface area contributed by atoms with E-state index in [-0.39, 0.29) is 24.8 Å². The van der Waals surface area contributed by atoms with Gasteiger partial charge in [0.2, 0.25) is 17.7 Å². The Kier molecular flexibility index (Phi) is 10.1. The molecule has 0 unspecified atom stereocenters. The Morgan fingerprint density at radius 2 is 1.53 bits per heavy atom. The molecule has 0 fully saturated rings. The van der Waals surface area contributed by atoms with Crippen LogP contribution >= 0.6 is 0 Å². The summed E-state index contributed by atoms with van der Waals surface area (Å²) in [5, 5.41) is 7.70. The molecule has 0 bridgehead atoms. The number of carbonyl (C=O) groups excluding carboxylic acids is 5. The average molecular weight is 442 g/mol. The molecule has 2 rings (SSSR count).